The first-order valence-electron chi connectivity index (χ1n) is 5.09. The van der Waals surface area contributed by atoms with Crippen LogP contribution in [0.15, 0.2) is 58.3 Å². The first-order valence-corrected chi connectivity index (χ1v) is 5.90. The third kappa shape index (κ3) is 2.79. The van der Waals surface area contributed by atoms with E-state index >= 15 is 0 Å². The van der Waals surface area contributed by atoms with E-state index in [4.69, 9.17) is 11.5 Å². The van der Waals surface area contributed by atoms with Crippen LogP contribution in [-0.2, 0) is 0 Å². The molecule has 0 aliphatic rings. The topological polar surface area (TPSA) is 69.1 Å². The second-order valence-corrected chi connectivity index (χ2v) is 4.65. The maximum atomic E-state index is 11.3. The third-order valence-corrected chi connectivity index (χ3v) is 3.30. The van der Waals surface area contributed by atoms with Crippen LogP contribution < -0.4 is 11.5 Å². The smallest absolute Gasteiger partial charge is 0.249 e. The summed E-state index contributed by atoms with van der Waals surface area (Å²) in [6.07, 6.45) is 0. The SMILES string of the molecule is NC(=O)c1ccccc1Sc1cccc(N)c1. The number of hydrogen-bond acceptors (Lipinski definition) is 3. The molecule has 2 aromatic carbocycles. The molecule has 2 rings (SSSR count). The van der Waals surface area contributed by atoms with Gasteiger partial charge in [-0.15, -0.1) is 0 Å². The molecule has 0 aliphatic heterocycles. The molecule has 0 saturated carbocycles. The molecule has 4 heteroatoms. The fourth-order valence-corrected chi connectivity index (χ4v) is 2.48. The highest BCUT2D eigenvalue weighted by Gasteiger charge is 2.08. The van der Waals surface area contributed by atoms with Crippen molar-refractivity contribution in [3.8, 4) is 0 Å². The van der Waals surface area contributed by atoms with Gasteiger partial charge in [0.15, 0.2) is 0 Å². The van der Waals surface area contributed by atoms with Gasteiger partial charge in [-0.25, -0.2) is 0 Å². The van der Waals surface area contributed by atoms with E-state index < -0.39 is 5.91 Å². The first-order chi connectivity index (χ1) is 8.16. The van der Waals surface area contributed by atoms with Crippen molar-refractivity contribution < 1.29 is 4.79 Å². The molecule has 0 aromatic heterocycles. The average molecular weight is 244 g/mol. The van der Waals surface area contributed by atoms with E-state index in [1.807, 2.05) is 36.4 Å². The van der Waals surface area contributed by atoms with Gasteiger partial charge in [0.25, 0.3) is 0 Å². The normalized spacial score (nSPS) is 10.1. The van der Waals surface area contributed by atoms with E-state index in [1.54, 1.807) is 12.1 Å². The van der Waals surface area contributed by atoms with Crippen molar-refractivity contribution in [3.63, 3.8) is 0 Å². The Bertz CT molecular complexity index is 555. The van der Waals surface area contributed by atoms with Gasteiger partial charge in [-0.3, -0.25) is 4.79 Å². The zero-order valence-corrected chi connectivity index (χ0v) is 9.91. The maximum absolute atomic E-state index is 11.3. The molecule has 2 aromatic rings. The molecular weight excluding hydrogens is 232 g/mol. The summed E-state index contributed by atoms with van der Waals surface area (Å²) in [5.41, 5.74) is 12.3. The number of carbonyl (C=O) groups is 1. The van der Waals surface area contributed by atoms with Crippen LogP contribution in [0.1, 0.15) is 10.4 Å². The monoisotopic (exact) mass is 244 g/mol. The lowest BCUT2D eigenvalue weighted by Gasteiger charge is -2.06. The highest BCUT2D eigenvalue weighted by molar-refractivity contribution is 7.99. The van der Waals surface area contributed by atoms with Crippen molar-refractivity contribution >= 4 is 23.4 Å². The van der Waals surface area contributed by atoms with Crippen LogP contribution in [0.4, 0.5) is 5.69 Å². The average Bonchev–Trinajstić information content (AvgIpc) is 2.29. The molecule has 0 radical (unpaired) electrons. The van der Waals surface area contributed by atoms with Gasteiger partial charge in [0.2, 0.25) is 5.91 Å². The lowest BCUT2D eigenvalue weighted by molar-refractivity contribution is 0.0997. The summed E-state index contributed by atoms with van der Waals surface area (Å²) in [4.78, 5) is 13.1. The van der Waals surface area contributed by atoms with Crippen LogP contribution in [0.25, 0.3) is 0 Å². The van der Waals surface area contributed by atoms with Gasteiger partial charge in [-0.05, 0) is 30.3 Å². The molecule has 0 heterocycles. The predicted molar refractivity (Wildman–Crippen MR) is 69.9 cm³/mol. The van der Waals surface area contributed by atoms with Crippen LogP contribution in [0.5, 0.6) is 0 Å². The molecule has 4 N–H and O–H groups in total. The minimum Gasteiger partial charge on any atom is -0.399 e. The molecular formula is C13H12N2OS. The lowest BCUT2D eigenvalue weighted by Crippen LogP contribution is -2.11. The highest BCUT2D eigenvalue weighted by atomic mass is 32.2. The summed E-state index contributed by atoms with van der Waals surface area (Å²) >= 11 is 1.48. The minimum atomic E-state index is -0.419. The van der Waals surface area contributed by atoms with E-state index in [9.17, 15) is 4.79 Å². The van der Waals surface area contributed by atoms with Crippen LogP contribution in [0.2, 0.25) is 0 Å². The fourth-order valence-electron chi connectivity index (χ4n) is 1.46. The van der Waals surface area contributed by atoms with Crippen molar-refractivity contribution in [2.45, 2.75) is 9.79 Å². The molecule has 0 saturated heterocycles. The number of hydrogen-bond donors (Lipinski definition) is 2. The second-order valence-electron chi connectivity index (χ2n) is 3.53. The number of amides is 1. The summed E-state index contributed by atoms with van der Waals surface area (Å²) in [7, 11) is 0. The molecule has 0 bridgehead atoms. The molecule has 0 aliphatic carbocycles. The van der Waals surface area contributed by atoms with E-state index in [0.717, 1.165) is 9.79 Å². The molecule has 0 unspecified atom stereocenters. The number of benzene rings is 2. The molecule has 0 atom stereocenters. The van der Waals surface area contributed by atoms with Crippen LogP contribution in [0, 0.1) is 0 Å². The summed E-state index contributed by atoms with van der Waals surface area (Å²) in [6, 6.07) is 14.8. The lowest BCUT2D eigenvalue weighted by atomic mass is 10.2. The van der Waals surface area contributed by atoms with Crippen molar-refractivity contribution in [2.75, 3.05) is 5.73 Å². The zero-order valence-electron chi connectivity index (χ0n) is 9.09. The number of primary amides is 1. The first kappa shape index (κ1) is 11.5. The molecule has 17 heavy (non-hydrogen) atoms. The van der Waals surface area contributed by atoms with Crippen molar-refractivity contribution in [1.82, 2.24) is 0 Å². The van der Waals surface area contributed by atoms with Gasteiger partial charge < -0.3 is 11.5 Å². The molecule has 86 valence electrons. The Hall–Kier alpha value is -1.94. The van der Waals surface area contributed by atoms with E-state index in [0.29, 0.717) is 11.3 Å². The maximum Gasteiger partial charge on any atom is 0.249 e. The Kier molecular flexibility index (Phi) is 3.35. The summed E-state index contributed by atoms with van der Waals surface area (Å²) in [6.45, 7) is 0. The van der Waals surface area contributed by atoms with Crippen LogP contribution in [-0.4, -0.2) is 5.91 Å². The van der Waals surface area contributed by atoms with Gasteiger partial charge in [-0.2, -0.15) is 0 Å². The fraction of sp³-hybridized carbons (Fsp3) is 0. The highest BCUT2D eigenvalue weighted by Crippen LogP contribution is 2.31. The van der Waals surface area contributed by atoms with Crippen LogP contribution >= 0.6 is 11.8 Å². The van der Waals surface area contributed by atoms with E-state index in [2.05, 4.69) is 0 Å². The third-order valence-electron chi connectivity index (χ3n) is 2.24. The second kappa shape index (κ2) is 4.93. The van der Waals surface area contributed by atoms with E-state index in [-0.39, 0.29) is 0 Å². The van der Waals surface area contributed by atoms with Crippen molar-refractivity contribution in [3.05, 3.63) is 54.1 Å². The number of anilines is 1. The Morgan fingerprint density at radius 2 is 1.82 bits per heavy atom. The van der Waals surface area contributed by atoms with Crippen LogP contribution in [0.3, 0.4) is 0 Å². The number of nitrogen functional groups attached to an aromatic ring is 1. The van der Waals surface area contributed by atoms with Crippen molar-refractivity contribution in [1.29, 1.82) is 0 Å². The Labute approximate surface area is 104 Å². The number of carbonyl (C=O) groups excluding carboxylic acids is 1. The standard InChI is InChI=1S/C13H12N2OS/c14-9-4-3-5-10(8-9)17-12-7-2-1-6-11(12)13(15)16/h1-8H,14H2,(H2,15,16). The van der Waals surface area contributed by atoms with E-state index in [1.165, 1.54) is 11.8 Å². The number of rotatable bonds is 3. The quantitative estimate of drug-likeness (QED) is 0.815. The molecule has 1 amide bonds. The Morgan fingerprint density at radius 1 is 1.06 bits per heavy atom. The van der Waals surface area contributed by atoms with Crippen molar-refractivity contribution in [2.24, 2.45) is 5.73 Å². The van der Waals surface area contributed by atoms with Gasteiger partial charge in [0.1, 0.15) is 0 Å². The molecule has 0 fully saturated rings. The summed E-state index contributed by atoms with van der Waals surface area (Å²) < 4.78 is 0. The predicted octanol–water partition coefficient (Wildman–Crippen LogP) is 2.52. The summed E-state index contributed by atoms with van der Waals surface area (Å²) in [5.74, 6) is -0.419. The van der Waals surface area contributed by atoms with Gasteiger partial charge in [-0.1, -0.05) is 30.0 Å². The Morgan fingerprint density at radius 3 is 2.53 bits per heavy atom. The number of nitrogens with two attached hydrogens (primary N) is 2. The van der Waals surface area contributed by atoms with Gasteiger partial charge in [0, 0.05) is 15.5 Å². The largest absolute Gasteiger partial charge is 0.399 e. The Balaban J connectivity index is 2.33. The molecule has 0 spiro atoms. The summed E-state index contributed by atoms with van der Waals surface area (Å²) in [5, 5.41) is 0. The zero-order chi connectivity index (χ0) is 12.3. The minimum absolute atomic E-state index is 0.419. The van der Waals surface area contributed by atoms with Gasteiger partial charge >= 0.3 is 0 Å². The van der Waals surface area contributed by atoms with Gasteiger partial charge in [0.05, 0.1) is 5.56 Å². The molecule has 3 nitrogen and oxygen atoms in total.